The molecule has 0 bridgehead atoms. The fraction of sp³-hybridized carbons (Fsp3) is 0.176. The van der Waals surface area contributed by atoms with Crippen molar-refractivity contribution in [1.29, 1.82) is 0 Å². The van der Waals surface area contributed by atoms with Crippen LogP contribution in [-0.4, -0.2) is 28.9 Å². The van der Waals surface area contributed by atoms with E-state index in [-0.39, 0.29) is 5.56 Å². The quantitative estimate of drug-likeness (QED) is 0.225. The van der Waals surface area contributed by atoms with Gasteiger partial charge < -0.3 is 9.13 Å². The monoisotopic (exact) mass is 570 g/mol. The molecule has 1 aliphatic carbocycles. The van der Waals surface area contributed by atoms with E-state index >= 15 is 0 Å². The summed E-state index contributed by atoms with van der Waals surface area (Å²) in [4.78, 5) is 22.8. The molecule has 8 heteroatoms. The molecule has 3 aromatic heterocycles. The Bertz CT molecular complexity index is 2030. The van der Waals surface area contributed by atoms with Crippen LogP contribution in [0.3, 0.4) is 0 Å². The Kier molecular flexibility index (Phi) is 6.29. The average Bonchev–Trinajstić information content (AvgIpc) is 3.46. The van der Waals surface area contributed by atoms with Crippen molar-refractivity contribution in [2.75, 3.05) is 0 Å². The first-order valence-electron chi connectivity index (χ1n) is 13.8. The summed E-state index contributed by atoms with van der Waals surface area (Å²) in [7, 11) is 1.97. The van der Waals surface area contributed by atoms with Gasteiger partial charge in [-0.1, -0.05) is 47.9 Å². The van der Waals surface area contributed by atoms with E-state index in [0.717, 1.165) is 57.4 Å². The first-order valence-corrected chi connectivity index (χ1v) is 14.2. The van der Waals surface area contributed by atoms with Gasteiger partial charge in [-0.25, -0.2) is 14.6 Å². The van der Waals surface area contributed by atoms with E-state index in [1.165, 1.54) is 6.33 Å². The summed E-state index contributed by atoms with van der Waals surface area (Å²) in [5, 5.41) is 6.23. The molecule has 1 atom stereocenters. The summed E-state index contributed by atoms with van der Waals surface area (Å²) in [5.74, 6) is 4.00. The Morgan fingerprint density at radius 3 is 2.55 bits per heavy atom. The first kappa shape index (κ1) is 26.0. The van der Waals surface area contributed by atoms with Gasteiger partial charge in [0.2, 0.25) is 0 Å². The third-order valence-corrected chi connectivity index (χ3v) is 8.43. The summed E-state index contributed by atoms with van der Waals surface area (Å²) in [5.41, 5.74) is 4.14. The zero-order valence-electron chi connectivity index (χ0n) is 23.0. The highest BCUT2D eigenvalue weighted by Gasteiger charge is 2.43. The second kappa shape index (κ2) is 10.2. The van der Waals surface area contributed by atoms with Gasteiger partial charge in [0.1, 0.15) is 18.5 Å². The minimum atomic E-state index is -0.997. The Hall–Kier alpha value is -4.93. The third kappa shape index (κ3) is 4.23. The highest BCUT2D eigenvalue weighted by atomic mass is 35.5. The fourth-order valence-corrected chi connectivity index (χ4v) is 6.08. The summed E-state index contributed by atoms with van der Waals surface area (Å²) in [6, 6.07) is 23.5. The summed E-state index contributed by atoms with van der Waals surface area (Å²) < 4.78 is 5.73. The average molecular weight is 571 g/mol. The topological polar surface area (TPSA) is 70.5 Å². The van der Waals surface area contributed by atoms with Gasteiger partial charge in [0.15, 0.2) is 5.54 Å². The van der Waals surface area contributed by atoms with Crippen LogP contribution in [0.4, 0.5) is 0 Å². The van der Waals surface area contributed by atoms with E-state index in [1.807, 2.05) is 81.7 Å². The van der Waals surface area contributed by atoms with Crippen molar-refractivity contribution in [3.8, 4) is 23.5 Å². The lowest BCUT2D eigenvalue weighted by atomic mass is 9.80. The molecule has 6 aromatic rings. The standard InChI is InChI=1S/C34H27ClN6O/c1-3-23-5-4-6-25(17-23)29-19-32(42)40(20-24-7-8-24)31-14-11-27(18-30(29)31)34(41-22-36-21-38-41,33-37-15-16-39(33)2)26-9-12-28(35)13-10-26/h1,4-6,9-19,21-22,24H,7-8,20H2,2H3. The van der Waals surface area contributed by atoms with Crippen LogP contribution in [0.2, 0.25) is 5.02 Å². The number of benzene rings is 3. The molecule has 1 fully saturated rings. The number of halogens is 1. The minimum absolute atomic E-state index is 0.0207. The number of aryl methyl sites for hydroxylation is 1. The van der Waals surface area contributed by atoms with E-state index in [4.69, 9.17) is 23.0 Å². The van der Waals surface area contributed by atoms with Crippen molar-refractivity contribution < 1.29 is 0 Å². The summed E-state index contributed by atoms with van der Waals surface area (Å²) >= 11 is 6.36. The molecule has 1 saturated carbocycles. The summed E-state index contributed by atoms with van der Waals surface area (Å²) in [6.45, 7) is 0.699. The first-order chi connectivity index (χ1) is 20.5. The van der Waals surface area contributed by atoms with Crippen LogP contribution in [0.1, 0.15) is 35.4 Å². The lowest BCUT2D eigenvalue weighted by Gasteiger charge is -2.35. The number of pyridine rings is 1. The molecular weight excluding hydrogens is 544 g/mol. The predicted octanol–water partition coefficient (Wildman–Crippen LogP) is 5.88. The van der Waals surface area contributed by atoms with Crippen LogP contribution in [0.5, 0.6) is 0 Å². The molecular formula is C34H27ClN6O. The van der Waals surface area contributed by atoms with Gasteiger partial charge in [0.05, 0.1) is 5.52 Å². The third-order valence-electron chi connectivity index (χ3n) is 8.18. The van der Waals surface area contributed by atoms with Gasteiger partial charge in [-0.15, -0.1) is 6.42 Å². The lowest BCUT2D eigenvalue weighted by molar-refractivity contribution is 0.423. The number of nitrogens with zero attached hydrogens (tertiary/aromatic N) is 6. The van der Waals surface area contributed by atoms with Crippen LogP contribution in [0.25, 0.3) is 22.0 Å². The zero-order chi connectivity index (χ0) is 28.8. The second-order valence-corrected chi connectivity index (χ2v) is 11.3. The Labute approximate surface area is 248 Å². The van der Waals surface area contributed by atoms with Crippen LogP contribution in [-0.2, 0) is 19.1 Å². The van der Waals surface area contributed by atoms with Crippen molar-refractivity contribution in [2.45, 2.75) is 24.9 Å². The van der Waals surface area contributed by atoms with Crippen molar-refractivity contribution >= 4 is 22.5 Å². The number of rotatable bonds is 7. The smallest absolute Gasteiger partial charge is 0.251 e. The number of imidazole rings is 1. The molecule has 3 heterocycles. The minimum Gasteiger partial charge on any atom is -0.335 e. The second-order valence-electron chi connectivity index (χ2n) is 10.8. The zero-order valence-corrected chi connectivity index (χ0v) is 23.7. The van der Waals surface area contributed by atoms with Crippen LogP contribution >= 0.6 is 11.6 Å². The number of hydrogen-bond donors (Lipinski definition) is 0. The maximum Gasteiger partial charge on any atom is 0.251 e. The fourth-order valence-electron chi connectivity index (χ4n) is 5.95. The van der Waals surface area contributed by atoms with Crippen molar-refractivity contribution in [3.05, 3.63) is 136 Å². The Morgan fingerprint density at radius 2 is 1.86 bits per heavy atom. The lowest BCUT2D eigenvalue weighted by Crippen LogP contribution is -2.40. The van der Waals surface area contributed by atoms with Crippen LogP contribution in [0, 0.1) is 18.3 Å². The van der Waals surface area contributed by atoms with Gasteiger partial charge in [0, 0.05) is 48.0 Å². The normalized spacial score (nSPS) is 14.5. The largest absolute Gasteiger partial charge is 0.335 e. The van der Waals surface area contributed by atoms with E-state index in [9.17, 15) is 4.79 Å². The number of fused-ring (bicyclic) bond motifs is 1. The molecule has 7 nitrogen and oxygen atoms in total. The molecule has 0 radical (unpaired) electrons. The SMILES string of the molecule is C#Cc1cccc(-c2cc(=O)n(CC3CC3)c3ccc(C(c4ccc(Cl)cc4)(c4nccn4C)n4cncn4)cc23)c1. The predicted molar refractivity (Wildman–Crippen MR) is 164 cm³/mol. The molecule has 42 heavy (non-hydrogen) atoms. The molecule has 0 saturated heterocycles. The molecule has 0 N–H and O–H groups in total. The highest BCUT2D eigenvalue weighted by molar-refractivity contribution is 6.30. The number of terminal acetylenes is 1. The van der Waals surface area contributed by atoms with Crippen LogP contribution in [0.15, 0.2) is 103 Å². The highest BCUT2D eigenvalue weighted by Crippen LogP contribution is 2.42. The summed E-state index contributed by atoms with van der Waals surface area (Å²) in [6.07, 6.45) is 15.0. The molecule has 206 valence electrons. The molecule has 3 aromatic carbocycles. The van der Waals surface area contributed by atoms with Crippen LogP contribution < -0.4 is 5.56 Å². The molecule has 0 spiro atoms. The van der Waals surface area contributed by atoms with Gasteiger partial charge in [0.25, 0.3) is 5.56 Å². The Morgan fingerprint density at radius 1 is 1.05 bits per heavy atom. The van der Waals surface area contributed by atoms with Crippen molar-refractivity contribution in [2.24, 2.45) is 13.0 Å². The number of hydrogen-bond acceptors (Lipinski definition) is 4. The van der Waals surface area contributed by atoms with E-state index in [2.05, 4.69) is 28.1 Å². The molecule has 7 rings (SSSR count). The number of aromatic nitrogens is 6. The van der Waals surface area contributed by atoms with Gasteiger partial charge in [-0.3, -0.25) is 4.79 Å². The van der Waals surface area contributed by atoms with E-state index in [0.29, 0.717) is 17.5 Å². The van der Waals surface area contributed by atoms with E-state index in [1.54, 1.807) is 18.6 Å². The molecule has 0 aliphatic heterocycles. The molecule has 1 aliphatic rings. The maximum absolute atomic E-state index is 13.6. The Balaban J connectivity index is 1.59. The maximum atomic E-state index is 13.6. The van der Waals surface area contributed by atoms with E-state index < -0.39 is 5.54 Å². The van der Waals surface area contributed by atoms with Crippen molar-refractivity contribution in [1.82, 2.24) is 28.9 Å². The van der Waals surface area contributed by atoms with Gasteiger partial charge in [-0.05, 0) is 77.4 Å². The molecule has 1 unspecified atom stereocenters. The van der Waals surface area contributed by atoms with Crippen molar-refractivity contribution in [3.63, 3.8) is 0 Å². The molecule has 0 amide bonds. The van der Waals surface area contributed by atoms with Gasteiger partial charge in [-0.2, -0.15) is 5.10 Å². The van der Waals surface area contributed by atoms with Gasteiger partial charge >= 0.3 is 0 Å².